The molecule has 0 heterocycles. The SMILES string of the molecule is O=CCN=Nc1ccc(Cl)cc1. The number of azo groups is 1. The maximum Gasteiger partial charge on any atom is 0.143 e. The summed E-state index contributed by atoms with van der Waals surface area (Å²) < 4.78 is 0. The van der Waals surface area contributed by atoms with Crippen molar-refractivity contribution in [2.45, 2.75) is 0 Å². The van der Waals surface area contributed by atoms with Crippen LogP contribution in [0, 0.1) is 0 Å². The summed E-state index contributed by atoms with van der Waals surface area (Å²) in [6.45, 7) is 0.0998. The van der Waals surface area contributed by atoms with Gasteiger partial charge in [-0.1, -0.05) is 11.6 Å². The first-order chi connectivity index (χ1) is 5.83. The Morgan fingerprint density at radius 3 is 2.58 bits per heavy atom. The predicted molar refractivity (Wildman–Crippen MR) is 46.9 cm³/mol. The van der Waals surface area contributed by atoms with E-state index in [2.05, 4.69) is 10.2 Å². The Labute approximate surface area is 75.1 Å². The quantitative estimate of drug-likeness (QED) is 0.523. The van der Waals surface area contributed by atoms with Crippen molar-refractivity contribution in [2.75, 3.05) is 6.54 Å². The Kier molecular flexibility index (Phi) is 3.41. The van der Waals surface area contributed by atoms with Gasteiger partial charge in [-0.15, -0.1) is 0 Å². The minimum atomic E-state index is 0.0998. The Bertz CT molecular complexity index is 282. The van der Waals surface area contributed by atoms with Crippen molar-refractivity contribution in [3.8, 4) is 0 Å². The van der Waals surface area contributed by atoms with Gasteiger partial charge in [-0.2, -0.15) is 10.2 Å². The van der Waals surface area contributed by atoms with E-state index >= 15 is 0 Å². The number of hydrogen-bond donors (Lipinski definition) is 0. The van der Waals surface area contributed by atoms with Gasteiger partial charge in [0, 0.05) is 5.02 Å². The van der Waals surface area contributed by atoms with E-state index < -0.39 is 0 Å². The molecule has 12 heavy (non-hydrogen) atoms. The molecular formula is C8H7ClN2O. The minimum absolute atomic E-state index is 0.0998. The Hall–Kier alpha value is -1.22. The monoisotopic (exact) mass is 182 g/mol. The molecule has 0 aliphatic rings. The predicted octanol–water partition coefficient (Wildman–Crippen LogP) is 2.62. The second-order valence-electron chi connectivity index (χ2n) is 2.07. The molecule has 1 aromatic carbocycles. The van der Waals surface area contributed by atoms with Crippen LogP contribution in [0.3, 0.4) is 0 Å². The Balaban J connectivity index is 2.64. The smallest absolute Gasteiger partial charge is 0.143 e. The summed E-state index contributed by atoms with van der Waals surface area (Å²) in [4.78, 5) is 9.87. The number of rotatable bonds is 3. The van der Waals surface area contributed by atoms with E-state index in [1.54, 1.807) is 24.3 Å². The van der Waals surface area contributed by atoms with E-state index in [9.17, 15) is 4.79 Å². The summed E-state index contributed by atoms with van der Waals surface area (Å²) in [6, 6.07) is 6.90. The summed E-state index contributed by atoms with van der Waals surface area (Å²) in [7, 11) is 0. The van der Waals surface area contributed by atoms with Crippen LogP contribution < -0.4 is 0 Å². The summed E-state index contributed by atoms with van der Waals surface area (Å²) in [5, 5.41) is 8.03. The fourth-order valence-electron chi connectivity index (χ4n) is 0.664. The van der Waals surface area contributed by atoms with Crippen molar-refractivity contribution >= 4 is 23.6 Å². The molecule has 0 atom stereocenters. The summed E-state index contributed by atoms with van der Waals surface area (Å²) >= 11 is 5.64. The molecule has 0 amide bonds. The summed E-state index contributed by atoms with van der Waals surface area (Å²) in [5.41, 5.74) is 0.696. The average Bonchev–Trinajstić information content (AvgIpc) is 2.09. The largest absolute Gasteiger partial charge is 0.301 e. The molecule has 0 saturated carbocycles. The lowest BCUT2D eigenvalue weighted by atomic mass is 10.3. The van der Waals surface area contributed by atoms with E-state index in [0.717, 1.165) is 0 Å². The van der Waals surface area contributed by atoms with Crippen molar-refractivity contribution in [1.29, 1.82) is 0 Å². The number of carbonyl (C=O) groups excluding carboxylic acids is 1. The van der Waals surface area contributed by atoms with Crippen LogP contribution in [0.1, 0.15) is 0 Å². The highest BCUT2D eigenvalue weighted by Gasteiger charge is 1.88. The first kappa shape index (κ1) is 8.87. The van der Waals surface area contributed by atoms with Crippen molar-refractivity contribution in [3.63, 3.8) is 0 Å². The Morgan fingerprint density at radius 1 is 1.33 bits per heavy atom. The van der Waals surface area contributed by atoms with E-state index in [0.29, 0.717) is 17.0 Å². The Morgan fingerprint density at radius 2 is 2.00 bits per heavy atom. The molecule has 0 fully saturated rings. The van der Waals surface area contributed by atoms with Crippen molar-refractivity contribution in [2.24, 2.45) is 10.2 Å². The molecule has 4 heteroatoms. The maximum atomic E-state index is 9.87. The molecule has 0 saturated heterocycles. The molecule has 0 spiro atoms. The third-order valence-electron chi connectivity index (χ3n) is 1.17. The van der Waals surface area contributed by atoms with Gasteiger partial charge in [-0.25, -0.2) is 0 Å². The fraction of sp³-hybridized carbons (Fsp3) is 0.125. The van der Waals surface area contributed by atoms with Crippen LogP contribution in [0.2, 0.25) is 5.02 Å². The van der Waals surface area contributed by atoms with Crippen LogP contribution in [-0.2, 0) is 4.79 Å². The van der Waals surface area contributed by atoms with Gasteiger partial charge in [0.05, 0.1) is 5.69 Å². The third kappa shape index (κ3) is 2.80. The van der Waals surface area contributed by atoms with Gasteiger partial charge in [0.2, 0.25) is 0 Å². The summed E-state index contributed by atoms with van der Waals surface area (Å²) in [5.74, 6) is 0. The van der Waals surface area contributed by atoms with Crippen LogP contribution in [0.15, 0.2) is 34.5 Å². The zero-order valence-electron chi connectivity index (χ0n) is 6.27. The van der Waals surface area contributed by atoms with Crippen LogP contribution >= 0.6 is 11.6 Å². The number of halogens is 1. The minimum Gasteiger partial charge on any atom is -0.301 e. The van der Waals surface area contributed by atoms with Crippen molar-refractivity contribution in [1.82, 2.24) is 0 Å². The highest BCUT2D eigenvalue weighted by atomic mass is 35.5. The first-order valence-electron chi connectivity index (χ1n) is 3.39. The van der Waals surface area contributed by atoms with Gasteiger partial charge in [0.15, 0.2) is 0 Å². The van der Waals surface area contributed by atoms with Crippen LogP contribution in [-0.4, -0.2) is 12.8 Å². The maximum absolute atomic E-state index is 9.87. The van der Waals surface area contributed by atoms with Crippen molar-refractivity contribution < 1.29 is 4.79 Å². The lowest BCUT2D eigenvalue weighted by Crippen LogP contribution is -1.75. The molecule has 1 rings (SSSR count). The first-order valence-corrected chi connectivity index (χ1v) is 3.77. The molecule has 0 bridgehead atoms. The van der Waals surface area contributed by atoms with Gasteiger partial charge in [0.1, 0.15) is 12.8 Å². The molecule has 0 unspecified atom stereocenters. The molecule has 0 aliphatic carbocycles. The fourth-order valence-corrected chi connectivity index (χ4v) is 0.790. The third-order valence-corrected chi connectivity index (χ3v) is 1.42. The van der Waals surface area contributed by atoms with E-state index in [4.69, 9.17) is 11.6 Å². The topological polar surface area (TPSA) is 41.8 Å². The van der Waals surface area contributed by atoms with E-state index in [1.807, 2.05) is 0 Å². The number of nitrogens with zero attached hydrogens (tertiary/aromatic N) is 2. The van der Waals surface area contributed by atoms with Crippen molar-refractivity contribution in [3.05, 3.63) is 29.3 Å². The number of aldehydes is 1. The second kappa shape index (κ2) is 4.62. The molecular weight excluding hydrogens is 176 g/mol. The zero-order chi connectivity index (χ0) is 8.81. The lowest BCUT2D eigenvalue weighted by Gasteiger charge is -1.90. The van der Waals surface area contributed by atoms with Gasteiger partial charge in [-0.3, -0.25) is 0 Å². The molecule has 0 radical (unpaired) electrons. The van der Waals surface area contributed by atoms with E-state index in [1.165, 1.54) is 0 Å². The molecule has 0 N–H and O–H groups in total. The van der Waals surface area contributed by atoms with Crippen LogP contribution in [0.25, 0.3) is 0 Å². The highest BCUT2D eigenvalue weighted by molar-refractivity contribution is 6.30. The lowest BCUT2D eigenvalue weighted by molar-refractivity contribution is -0.106. The normalized spacial score (nSPS) is 10.4. The number of hydrogen-bond acceptors (Lipinski definition) is 3. The average molecular weight is 183 g/mol. The standard InChI is InChI=1S/C8H7ClN2O/c9-7-1-3-8(4-2-7)11-10-5-6-12/h1-4,6H,5H2. The molecule has 3 nitrogen and oxygen atoms in total. The number of carbonyl (C=O) groups is 1. The zero-order valence-corrected chi connectivity index (χ0v) is 7.03. The van der Waals surface area contributed by atoms with Gasteiger partial charge in [0.25, 0.3) is 0 Å². The second-order valence-corrected chi connectivity index (χ2v) is 2.50. The molecule has 62 valence electrons. The highest BCUT2D eigenvalue weighted by Crippen LogP contribution is 2.15. The van der Waals surface area contributed by atoms with Crippen LogP contribution in [0.4, 0.5) is 5.69 Å². The summed E-state index contributed by atoms with van der Waals surface area (Å²) in [6.07, 6.45) is 0.694. The van der Waals surface area contributed by atoms with Gasteiger partial charge < -0.3 is 4.79 Å². The molecule has 0 aliphatic heterocycles. The molecule has 1 aromatic rings. The number of benzene rings is 1. The van der Waals surface area contributed by atoms with E-state index in [-0.39, 0.29) is 6.54 Å². The van der Waals surface area contributed by atoms with Gasteiger partial charge in [-0.05, 0) is 24.3 Å². The molecule has 0 aromatic heterocycles. The van der Waals surface area contributed by atoms with Crippen LogP contribution in [0.5, 0.6) is 0 Å². The van der Waals surface area contributed by atoms with Gasteiger partial charge >= 0.3 is 0 Å².